The summed E-state index contributed by atoms with van der Waals surface area (Å²) in [5, 5.41) is 8.21. The molecule has 0 unspecified atom stereocenters. The van der Waals surface area contributed by atoms with Crippen LogP contribution in [0.3, 0.4) is 0 Å². The molecule has 2 rings (SSSR count). The van der Waals surface area contributed by atoms with Crippen LogP contribution in [0, 0.1) is 0 Å². The highest BCUT2D eigenvalue weighted by atomic mass is 79.9. The number of nitrogen functional groups attached to an aromatic ring is 1. The first-order valence-corrected chi connectivity index (χ1v) is 4.91. The van der Waals surface area contributed by atoms with Crippen molar-refractivity contribution in [3.8, 4) is 0 Å². The van der Waals surface area contributed by atoms with Gasteiger partial charge in [-0.25, -0.2) is 4.68 Å². The third kappa shape index (κ3) is 1.52. The van der Waals surface area contributed by atoms with Crippen molar-refractivity contribution >= 4 is 21.7 Å². The summed E-state index contributed by atoms with van der Waals surface area (Å²) in [6.45, 7) is 0.633. The zero-order chi connectivity index (χ0) is 10.1. The van der Waals surface area contributed by atoms with Gasteiger partial charge in [0.25, 0.3) is 0 Å². The van der Waals surface area contributed by atoms with Crippen LogP contribution in [0.5, 0.6) is 0 Å². The van der Waals surface area contributed by atoms with Crippen LogP contribution >= 0.6 is 15.9 Å². The molecule has 0 atom stereocenters. The van der Waals surface area contributed by atoms with E-state index < -0.39 is 0 Å². The van der Waals surface area contributed by atoms with E-state index in [1.165, 1.54) is 0 Å². The summed E-state index contributed by atoms with van der Waals surface area (Å²) in [5.74, 6) is 0.631. The summed E-state index contributed by atoms with van der Waals surface area (Å²) in [7, 11) is 1.89. The van der Waals surface area contributed by atoms with E-state index in [0.29, 0.717) is 12.4 Å². The minimum atomic E-state index is 0.631. The van der Waals surface area contributed by atoms with Crippen LogP contribution in [0.25, 0.3) is 0 Å². The quantitative estimate of drug-likeness (QED) is 0.872. The van der Waals surface area contributed by atoms with Crippen molar-refractivity contribution in [3.63, 3.8) is 0 Å². The van der Waals surface area contributed by atoms with Crippen molar-refractivity contribution in [1.29, 1.82) is 0 Å². The number of halogens is 1. The molecule has 0 amide bonds. The fourth-order valence-electron chi connectivity index (χ4n) is 1.21. The Labute approximate surface area is 89.6 Å². The van der Waals surface area contributed by atoms with Gasteiger partial charge in [0.05, 0.1) is 22.9 Å². The number of rotatable bonds is 2. The van der Waals surface area contributed by atoms with Gasteiger partial charge in [-0.3, -0.25) is 4.68 Å². The molecule has 0 aliphatic heterocycles. The molecule has 14 heavy (non-hydrogen) atoms. The monoisotopic (exact) mass is 255 g/mol. The molecule has 0 spiro atoms. The van der Waals surface area contributed by atoms with Gasteiger partial charge in [-0.2, -0.15) is 10.2 Å². The molecule has 0 radical (unpaired) electrons. The second-order valence-corrected chi connectivity index (χ2v) is 3.84. The first-order chi connectivity index (χ1) is 6.68. The van der Waals surface area contributed by atoms with Crippen molar-refractivity contribution < 1.29 is 0 Å². The molecule has 74 valence electrons. The summed E-state index contributed by atoms with van der Waals surface area (Å²) in [4.78, 5) is 0. The molecule has 0 aliphatic rings. The SMILES string of the molecule is Cn1nccc1Cn1ncc(Br)c1N. The molecular formula is C8H10BrN5. The van der Waals surface area contributed by atoms with Crippen LogP contribution in [0.15, 0.2) is 22.9 Å². The Hall–Kier alpha value is -1.30. The average molecular weight is 256 g/mol. The first kappa shape index (κ1) is 9.26. The minimum Gasteiger partial charge on any atom is -0.383 e. The number of aromatic nitrogens is 4. The van der Waals surface area contributed by atoms with E-state index >= 15 is 0 Å². The number of hydrogen-bond acceptors (Lipinski definition) is 3. The Morgan fingerprint density at radius 2 is 2.29 bits per heavy atom. The summed E-state index contributed by atoms with van der Waals surface area (Å²) in [6.07, 6.45) is 3.44. The van der Waals surface area contributed by atoms with E-state index in [1.807, 2.05) is 13.1 Å². The third-order valence-electron chi connectivity index (χ3n) is 2.07. The molecule has 2 aromatic rings. The molecule has 6 heteroatoms. The molecule has 0 aliphatic carbocycles. The predicted molar refractivity (Wildman–Crippen MR) is 56.6 cm³/mol. The predicted octanol–water partition coefficient (Wildman–Crippen LogP) is 1.01. The molecule has 2 aromatic heterocycles. The molecule has 0 saturated heterocycles. The number of aryl methyl sites for hydroxylation is 1. The summed E-state index contributed by atoms with van der Waals surface area (Å²) in [6, 6.07) is 1.94. The van der Waals surface area contributed by atoms with Crippen LogP contribution in [-0.4, -0.2) is 19.6 Å². The number of anilines is 1. The van der Waals surface area contributed by atoms with Crippen molar-refractivity contribution in [2.75, 3.05) is 5.73 Å². The lowest BCUT2D eigenvalue weighted by Gasteiger charge is -2.04. The smallest absolute Gasteiger partial charge is 0.136 e. The second kappa shape index (κ2) is 3.45. The molecule has 0 bridgehead atoms. The van der Waals surface area contributed by atoms with E-state index in [0.717, 1.165) is 10.2 Å². The normalized spacial score (nSPS) is 10.7. The van der Waals surface area contributed by atoms with Gasteiger partial charge in [-0.05, 0) is 22.0 Å². The highest BCUT2D eigenvalue weighted by Crippen LogP contribution is 2.18. The van der Waals surface area contributed by atoms with Crippen molar-refractivity contribution in [2.45, 2.75) is 6.54 Å². The maximum absolute atomic E-state index is 5.79. The lowest BCUT2D eigenvalue weighted by atomic mass is 10.4. The van der Waals surface area contributed by atoms with Gasteiger partial charge in [0, 0.05) is 13.2 Å². The van der Waals surface area contributed by atoms with E-state index in [1.54, 1.807) is 21.8 Å². The lowest BCUT2D eigenvalue weighted by molar-refractivity contribution is 0.626. The molecule has 0 aromatic carbocycles. The Morgan fingerprint density at radius 1 is 1.50 bits per heavy atom. The second-order valence-electron chi connectivity index (χ2n) is 2.98. The van der Waals surface area contributed by atoms with Gasteiger partial charge in [-0.15, -0.1) is 0 Å². The molecule has 0 saturated carbocycles. The number of hydrogen-bond donors (Lipinski definition) is 1. The van der Waals surface area contributed by atoms with Crippen LogP contribution in [0.1, 0.15) is 5.69 Å². The Bertz CT molecular complexity index is 444. The van der Waals surface area contributed by atoms with Crippen molar-refractivity contribution in [3.05, 3.63) is 28.6 Å². The lowest BCUT2D eigenvalue weighted by Crippen LogP contribution is -2.09. The van der Waals surface area contributed by atoms with Crippen molar-refractivity contribution in [1.82, 2.24) is 19.6 Å². The third-order valence-corrected chi connectivity index (χ3v) is 2.68. The van der Waals surface area contributed by atoms with Crippen molar-refractivity contribution in [2.24, 2.45) is 7.05 Å². The van der Waals surface area contributed by atoms with E-state index in [-0.39, 0.29) is 0 Å². The largest absolute Gasteiger partial charge is 0.383 e. The molecule has 5 nitrogen and oxygen atoms in total. The zero-order valence-corrected chi connectivity index (χ0v) is 9.27. The highest BCUT2D eigenvalue weighted by Gasteiger charge is 2.06. The zero-order valence-electron chi connectivity index (χ0n) is 7.68. The van der Waals surface area contributed by atoms with E-state index in [4.69, 9.17) is 5.73 Å². The standard InChI is InChI=1S/C8H10BrN5/c1-13-6(2-3-11-13)5-14-8(10)7(9)4-12-14/h2-4H,5,10H2,1H3. The molecule has 2 N–H and O–H groups in total. The first-order valence-electron chi connectivity index (χ1n) is 4.12. The Kier molecular flexibility index (Phi) is 2.28. The highest BCUT2D eigenvalue weighted by molar-refractivity contribution is 9.10. The van der Waals surface area contributed by atoms with Gasteiger partial charge < -0.3 is 5.73 Å². The Morgan fingerprint density at radius 3 is 2.79 bits per heavy atom. The van der Waals surface area contributed by atoms with Gasteiger partial charge >= 0.3 is 0 Å². The Balaban J connectivity index is 2.27. The van der Waals surface area contributed by atoms with Crippen LogP contribution < -0.4 is 5.73 Å². The van der Waals surface area contributed by atoms with E-state index in [9.17, 15) is 0 Å². The molecular weight excluding hydrogens is 246 g/mol. The van der Waals surface area contributed by atoms with Gasteiger partial charge in [-0.1, -0.05) is 0 Å². The maximum atomic E-state index is 5.79. The fourth-order valence-corrected chi connectivity index (χ4v) is 1.50. The van der Waals surface area contributed by atoms with Crippen LogP contribution in [0.4, 0.5) is 5.82 Å². The van der Waals surface area contributed by atoms with E-state index in [2.05, 4.69) is 26.1 Å². The summed E-state index contributed by atoms with van der Waals surface area (Å²) >= 11 is 3.31. The van der Waals surface area contributed by atoms with Gasteiger partial charge in [0.1, 0.15) is 5.82 Å². The summed E-state index contributed by atoms with van der Waals surface area (Å²) < 4.78 is 4.34. The summed E-state index contributed by atoms with van der Waals surface area (Å²) in [5.41, 5.74) is 6.86. The van der Waals surface area contributed by atoms with Crippen LogP contribution in [0.2, 0.25) is 0 Å². The minimum absolute atomic E-state index is 0.631. The number of nitrogens with two attached hydrogens (primary N) is 1. The fraction of sp³-hybridized carbons (Fsp3) is 0.250. The molecule has 2 heterocycles. The average Bonchev–Trinajstić information content (AvgIpc) is 2.68. The van der Waals surface area contributed by atoms with Gasteiger partial charge in [0.15, 0.2) is 0 Å². The number of nitrogens with zero attached hydrogens (tertiary/aromatic N) is 4. The maximum Gasteiger partial charge on any atom is 0.136 e. The molecule has 0 fully saturated rings. The van der Waals surface area contributed by atoms with Crippen LogP contribution in [-0.2, 0) is 13.6 Å². The topological polar surface area (TPSA) is 61.7 Å². The van der Waals surface area contributed by atoms with Gasteiger partial charge in [0.2, 0.25) is 0 Å².